The lowest BCUT2D eigenvalue weighted by molar-refractivity contribution is -0.150. The van der Waals surface area contributed by atoms with E-state index < -0.39 is 5.54 Å². The van der Waals surface area contributed by atoms with Gasteiger partial charge in [0.2, 0.25) is 0 Å². The van der Waals surface area contributed by atoms with Gasteiger partial charge in [-0.15, -0.1) is 11.8 Å². The van der Waals surface area contributed by atoms with Gasteiger partial charge in [-0.25, -0.2) is 4.79 Å². The molecule has 0 unspecified atom stereocenters. The number of hydrogen-bond donors (Lipinski definition) is 1. The summed E-state index contributed by atoms with van der Waals surface area (Å²) in [6.45, 7) is 2.08. The molecule has 0 bridgehead atoms. The first-order valence-corrected chi connectivity index (χ1v) is 9.92. The number of fused-ring (bicyclic) bond motifs is 2. The maximum Gasteiger partial charge on any atom is 0.332 e. The van der Waals surface area contributed by atoms with Gasteiger partial charge in [0.25, 0.3) is 5.91 Å². The Morgan fingerprint density at radius 3 is 2.54 bits per heavy atom. The van der Waals surface area contributed by atoms with Crippen LogP contribution in [-0.4, -0.2) is 29.8 Å². The Kier molecular flexibility index (Phi) is 4.49. The van der Waals surface area contributed by atoms with Gasteiger partial charge in [0.05, 0.1) is 6.61 Å². The van der Waals surface area contributed by atoms with Gasteiger partial charge in [-0.2, -0.15) is 0 Å². The highest BCUT2D eigenvalue weighted by molar-refractivity contribution is 7.99. The van der Waals surface area contributed by atoms with Gasteiger partial charge in [0.15, 0.2) is 0 Å². The molecule has 1 heterocycles. The van der Waals surface area contributed by atoms with Crippen molar-refractivity contribution in [3.05, 3.63) is 64.7 Å². The Bertz CT molecular complexity index is 852. The van der Waals surface area contributed by atoms with Gasteiger partial charge in [0.1, 0.15) is 5.54 Å². The van der Waals surface area contributed by atoms with Gasteiger partial charge in [-0.1, -0.05) is 24.3 Å². The molecule has 0 saturated heterocycles. The number of rotatable bonds is 4. The van der Waals surface area contributed by atoms with Crippen molar-refractivity contribution in [1.29, 1.82) is 0 Å². The Labute approximate surface area is 157 Å². The predicted molar refractivity (Wildman–Crippen MR) is 102 cm³/mol. The molecule has 0 aromatic heterocycles. The second-order valence-corrected chi connectivity index (χ2v) is 7.94. The zero-order valence-corrected chi connectivity index (χ0v) is 15.5. The van der Waals surface area contributed by atoms with Crippen LogP contribution in [0.5, 0.6) is 0 Å². The van der Waals surface area contributed by atoms with Crippen molar-refractivity contribution in [3.8, 4) is 0 Å². The van der Waals surface area contributed by atoms with E-state index in [0.717, 1.165) is 23.3 Å². The highest BCUT2D eigenvalue weighted by Crippen LogP contribution is 2.33. The van der Waals surface area contributed by atoms with Crippen LogP contribution in [0, 0.1) is 0 Å². The average Bonchev–Trinajstić information content (AvgIpc) is 3.25. The van der Waals surface area contributed by atoms with E-state index in [4.69, 9.17) is 4.74 Å². The molecule has 1 aliphatic carbocycles. The molecule has 2 aliphatic rings. The van der Waals surface area contributed by atoms with Gasteiger partial charge >= 0.3 is 5.97 Å². The lowest BCUT2D eigenvalue weighted by Gasteiger charge is -2.28. The first-order valence-electron chi connectivity index (χ1n) is 8.93. The van der Waals surface area contributed by atoms with Crippen molar-refractivity contribution in [2.45, 2.75) is 36.6 Å². The van der Waals surface area contributed by atoms with Crippen molar-refractivity contribution in [3.63, 3.8) is 0 Å². The van der Waals surface area contributed by atoms with E-state index in [0.29, 0.717) is 25.0 Å². The van der Waals surface area contributed by atoms with Crippen LogP contribution in [0.4, 0.5) is 0 Å². The average molecular weight is 367 g/mol. The minimum Gasteiger partial charge on any atom is -0.464 e. The van der Waals surface area contributed by atoms with Crippen LogP contribution in [0.2, 0.25) is 0 Å². The summed E-state index contributed by atoms with van der Waals surface area (Å²) in [5.41, 5.74) is 2.97. The van der Waals surface area contributed by atoms with Crippen LogP contribution < -0.4 is 5.32 Å². The molecule has 1 N–H and O–H groups in total. The summed E-state index contributed by atoms with van der Waals surface area (Å²) in [7, 11) is 0. The monoisotopic (exact) mass is 367 g/mol. The zero-order valence-electron chi connectivity index (χ0n) is 14.7. The summed E-state index contributed by atoms with van der Waals surface area (Å²) in [6, 6.07) is 13.7. The summed E-state index contributed by atoms with van der Waals surface area (Å²) < 4.78 is 5.31. The molecule has 2 aromatic rings. The molecule has 1 amide bonds. The van der Waals surface area contributed by atoms with Crippen LogP contribution in [0.25, 0.3) is 0 Å². The maximum atomic E-state index is 12.9. The van der Waals surface area contributed by atoms with E-state index in [1.165, 1.54) is 10.5 Å². The number of aryl methyl sites for hydroxylation is 1. The minimum absolute atomic E-state index is 0.217. The predicted octanol–water partition coefficient (Wildman–Crippen LogP) is 3.17. The standard InChI is InChI=1S/C21H21NO3S/c1-2-25-20(24)21(12-16-5-3-4-6-17(16)13-21)22-19(23)15-7-8-18-14(11-15)9-10-26-18/h3-8,11H,2,9-10,12-13H2,1H3,(H,22,23). The summed E-state index contributed by atoms with van der Waals surface area (Å²) in [6.07, 6.45) is 1.92. The molecule has 4 nitrogen and oxygen atoms in total. The third-order valence-electron chi connectivity index (χ3n) is 5.07. The van der Waals surface area contributed by atoms with E-state index in [9.17, 15) is 9.59 Å². The fourth-order valence-electron chi connectivity index (χ4n) is 3.79. The topological polar surface area (TPSA) is 55.4 Å². The molecule has 0 fully saturated rings. The van der Waals surface area contributed by atoms with Crippen LogP contribution in [0.15, 0.2) is 47.4 Å². The highest BCUT2D eigenvalue weighted by Gasteiger charge is 2.46. The van der Waals surface area contributed by atoms with Gasteiger partial charge in [-0.05, 0) is 48.2 Å². The highest BCUT2D eigenvalue weighted by atomic mass is 32.2. The van der Waals surface area contributed by atoms with Crippen LogP contribution in [0.3, 0.4) is 0 Å². The number of ether oxygens (including phenoxy) is 1. The molecule has 4 rings (SSSR count). The number of carbonyl (C=O) groups is 2. The third-order valence-corrected chi connectivity index (χ3v) is 6.19. The van der Waals surface area contributed by atoms with Gasteiger partial charge < -0.3 is 10.1 Å². The molecule has 134 valence electrons. The second-order valence-electron chi connectivity index (χ2n) is 6.80. The quantitative estimate of drug-likeness (QED) is 0.844. The number of carbonyl (C=O) groups excluding carboxylic acids is 2. The summed E-state index contributed by atoms with van der Waals surface area (Å²) in [5.74, 6) is 0.481. The molecule has 0 atom stereocenters. The number of benzene rings is 2. The lowest BCUT2D eigenvalue weighted by atomic mass is 9.94. The zero-order chi connectivity index (χ0) is 18.1. The molecule has 26 heavy (non-hydrogen) atoms. The largest absolute Gasteiger partial charge is 0.464 e. The normalized spacial score (nSPS) is 16.7. The van der Waals surface area contributed by atoms with Crippen molar-refractivity contribution in [2.75, 3.05) is 12.4 Å². The Hall–Kier alpha value is -2.27. The molecular weight excluding hydrogens is 346 g/mol. The number of amides is 1. The van der Waals surface area contributed by atoms with E-state index in [-0.39, 0.29) is 11.9 Å². The first kappa shape index (κ1) is 17.2. The summed E-state index contributed by atoms with van der Waals surface area (Å²) >= 11 is 1.82. The summed E-state index contributed by atoms with van der Waals surface area (Å²) in [4.78, 5) is 26.9. The Morgan fingerprint density at radius 1 is 1.12 bits per heavy atom. The lowest BCUT2D eigenvalue weighted by Crippen LogP contribution is -2.56. The molecule has 0 radical (unpaired) electrons. The minimum atomic E-state index is -1.02. The molecule has 1 aliphatic heterocycles. The SMILES string of the molecule is CCOC(=O)C1(NC(=O)c2ccc3c(c2)CCS3)Cc2ccccc2C1. The van der Waals surface area contributed by atoms with Crippen LogP contribution in [0.1, 0.15) is 34.0 Å². The number of hydrogen-bond acceptors (Lipinski definition) is 4. The second kappa shape index (κ2) is 6.80. The van der Waals surface area contributed by atoms with E-state index in [1.807, 2.05) is 54.2 Å². The van der Waals surface area contributed by atoms with E-state index >= 15 is 0 Å². The molecular formula is C21H21NO3S. The van der Waals surface area contributed by atoms with Crippen molar-refractivity contribution in [1.82, 2.24) is 5.32 Å². The Morgan fingerprint density at radius 2 is 1.85 bits per heavy atom. The smallest absolute Gasteiger partial charge is 0.332 e. The molecule has 2 aromatic carbocycles. The van der Waals surface area contributed by atoms with Crippen molar-refractivity contribution in [2.24, 2.45) is 0 Å². The van der Waals surface area contributed by atoms with Gasteiger partial charge in [-0.3, -0.25) is 4.79 Å². The molecule has 0 spiro atoms. The maximum absolute atomic E-state index is 12.9. The number of thioether (sulfide) groups is 1. The van der Waals surface area contributed by atoms with Crippen molar-refractivity contribution >= 4 is 23.6 Å². The van der Waals surface area contributed by atoms with Gasteiger partial charge in [0, 0.05) is 29.1 Å². The van der Waals surface area contributed by atoms with Crippen LogP contribution >= 0.6 is 11.8 Å². The van der Waals surface area contributed by atoms with E-state index in [2.05, 4.69) is 5.32 Å². The van der Waals surface area contributed by atoms with Crippen molar-refractivity contribution < 1.29 is 14.3 Å². The first-order chi connectivity index (χ1) is 12.6. The fraction of sp³-hybridized carbons (Fsp3) is 0.333. The summed E-state index contributed by atoms with van der Waals surface area (Å²) in [5, 5.41) is 3.01. The molecule has 5 heteroatoms. The van der Waals surface area contributed by atoms with Crippen LogP contribution in [-0.2, 0) is 28.8 Å². The number of esters is 1. The number of nitrogens with one attached hydrogen (secondary N) is 1. The fourth-order valence-corrected chi connectivity index (χ4v) is 4.84. The molecule has 0 saturated carbocycles. The Balaban J connectivity index is 1.62. The third kappa shape index (κ3) is 3.01. The van der Waals surface area contributed by atoms with E-state index in [1.54, 1.807) is 6.92 Å².